The highest BCUT2D eigenvalue weighted by Gasteiger charge is 2.16. The summed E-state index contributed by atoms with van der Waals surface area (Å²) in [5, 5.41) is 6.88. The lowest BCUT2D eigenvalue weighted by Gasteiger charge is -2.11. The fourth-order valence-electron chi connectivity index (χ4n) is 2.79. The molecule has 2 heterocycles. The predicted molar refractivity (Wildman–Crippen MR) is 110 cm³/mol. The fraction of sp³-hybridized carbons (Fsp3) is 0.0952. The van der Waals surface area contributed by atoms with Gasteiger partial charge in [-0.1, -0.05) is 23.4 Å². The molecule has 7 nitrogen and oxygen atoms in total. The maximum atomic E-state index is 12.8. The summed E-state index contributed by atoms with van der Waals surface area (Å²) in [6.45, 7) is 0. The molecule has 0 radical (unpaired) electrons. The minimum Gasteiger partial charge on any atom is -0.497 e. The topological polar surface area (TPSA) is 90.4 Å². The summed E-state index contributed by atoms with van der Waals surface area (Å²) in [5.74, 6) is 1.67. The molecule has 1 N–H and O–H groups in total. The molecule has 4 rings (SSSR count). The highest BCUT2D eigenvalue weighted by Crippen LogP contribution is 2.25. The molecule has 29 heavy (non-hydrogen) atoms. The summed E-state index contributed by atoms with van der Waals surface area (Å²) in [6, 6.07) is 16.2. The zero-order valence-corrected chi connectivity index (χ0v) is 17.0. The van der Waals surface area contributed by atoms with Gasteiger partial charge in [-0.2, -0.15) is 4.98 Å². The highest BCUT2D eigenvalue weighted by atomic mass is 79.9. The third kappa shape index (κ3) is 4.22. The quantitative estimate of drug-likeness (QED) is 0.444. The monoisotopic (exact) mass is 453 g/mol. The van der Waals surface area contributed by atoms with Crippen LogP contribution < -0.4 is 10.1 Å². The molecule has 0 bridgehead atoms. The molecular formula is C21H16BrN3O4. The van der Waals surface area contributed by atoms with Crippen molar-refractivity contribution in [2.75, 3.05) is 12.4 Å². The SMILES string of the molecule is COc1ccc(Br)c(C(=O)Nc2ccccc2Cc2nc(-c3ccco3)no2)c1. The van der Waals surface area contributed by atoms with E-state index in [0.29, 0.717) is 45.4 Å². The number of carbonyl (C=O) groups is 1. The third-order valence-electron chi connectivity index (χ3n) is 4.24. The number of nitrogens with one attached hydrogen (secondary N) is 1. The first kappa shape index (κ1) is 18.9. The van der Waals surface area contributed by atoms with Gasteiger partial charge in [0.15, 0.2) is 5.76 Å². The van der Waals surface area contributed by atoms with Crippen LogP contribution in [0, 0.1) is 0 Å². The Morgan fingerprint density at radius 1 is 1.17 bits per heavy atom. The van der Waals surface area contributed by atoms with E-state index in [1.807, 2.05) is 24.3 Å². The van der Waals surface area contributed by atoms with Gasteiger partial charge in [-0.05, 0) is 57.9 Å². The molecule has 0 atom stereocenters. The van der Waals surface area contributed by atoms with E-state index in [-0.39, 0.29) is 5.91 Å². The van der Waals surface area contributed by atoms with Gasteiger partial charge in [0.25, 0.3) is 5.91 Å². The number of aromatic nitrogens is 2. The van der Waals surface area contributed by atoms with Crippen LogP contribution in [0.25, 0.3) is 11.6 Å². The molecule has 0 unspecified atom stereocenters. The zero-order chi connectivity index (χ0) is 20.2. The number of hydrogen-bond donors (Lipinski definition) is 1. The van der Waals surface area contributed by atoms with Crippen LogP contribution in [0.4, 0.5) is 5.69 Å². The van der Waals surface area contributed by atoms with Crippen LogP contribution >= 0.6 is 15.9 Å². The maximum Gasteiger partial charge on any atom is 0.256 e. The average molecular weight is 454 g/mol. The van der Waals surface area contributed by atoms with Crippen LogP contribution in [0.2, 0.25) is 0 Å². The number of anilines is 1. The van der Waals surface area contributed by atoms with E-state index >= 15 is 0 Å². The number of halogens is 1. The molecule has 0 aliphatic carbocycles. The molecular weight excluding hydrogens is 438 g/mol. The Morgan fingerprint density at radius 3 is 2.83 bits per heavy atom. The van der Waals surface area contributed by atoms with Crippen molar-refractivity contribution in [1.29, 1.82) is 0 Å². The lowest BCUT2D eigenvalue weighted by molar-refractivity contribution is 0.102. The number of methoxy groups -OCH3 is 1. The van der Waals surface area contributed by atoms with Crippen molar-refractivity contribution >= 4 is 27.5 Å². The minimum absolute atomic E-state index is 0.259. The number of carbonyl (C=O) groups excluding carboxylic acids is 1. The van der Waals surface area contributed by atoms with E-state index in [2.05, 4.69) is 31.4 Å². The molecule has 4 aromatic rings. The molecule has 146 valence electrons. The third-order valence-corrected chi connectivity index (χ3v) is 4.93. The van der Waals surface area contributed by atoms with Crippen LogP contribution in [0.5, 0.6) is 5.75 Å². The Kier molecular flexibility index (Phi) is 5.44. The van der Waals surface area contributed by atoms with Crippen molar-refractivity contribution in [1.82, 2.24) is 10.1 Å². The molecule has 0 aliphatic heterocycles. The summed E-state index contributed by atoms with van der Waals surface area (Å²) in [4.78, 5) is 17.2. The number of amides is 1. The van der Waals surface area contributed by atoms with Crippen molar-refractivity contribution in [2.24, 2.45) is 0 Å². The van der Waals surface area contributed by atoms with Crippen LogP contribution in [0.3, 0.4) is 0 Å². The average Bonchev–Trinajstić information content (AvgIpc) is 3.41. The van der Waals surface area contributed by atoms with Gasteiger partial charge >= 0.3 is 0 Å². The smallest absolute Gasteiger partial charge is 0.256 e. The van der Waals surface area contributed by atoms with Crippen LogP contribution in [-0.2, 0) is 6.42 Å². The lowest BCUT2D eigenvalue weighted by atomic mass is 10.1. The van der Waals surface area contributed by atoms with E-state index in [1.54, 1.807) is 43.7 Å². The molecule has 0 aliphatic rings. The van der Waals surface area contributed by atoms with Gasteiger partial charge in [0, 0.05) is 10.2 Å². The molecule has 8 heteroatoms. The molecule has 0 saturated carbocycles. The first-order chi connectivity index (χ1) is 14.1. The fourth-order valence-corrected chi connectivity index (χ4v) is 3.21. The van der Waals surface area contributed by atoms with Crippen molar-refractivity contribution < 1.29 is 18.5 Å². The van der Waals surface area contributed by atoms with Gasteiger partial charge in [0.1, 0.15) is 5.75 Å². The lowest BCUT2D eigenvalue weighted by Crippen LogP contribution is -2.14. The van der Waals surface area contributed by atoms with Crippen LogP contribution in [0.15, 0.2) is 74.3 Å². The second-order valence-electron chi connectivity index (χ2n) is 6.12. The molecule has 0 saturated heterocycles. The van der Waals surface area contributed by atoms with Gasteiger partial charge in [-0.15, -0.1) is 0 Å². The molecule has 2 aromatic heterocycles. The first-order valence-corrected chi connectivity index (χ1v) is 9.52. The van der Waals surface area contributed by atoms with Gasteiger partial charge < -0.3 is 19.0 Å². The second-order valence-corrected chi connectivity index (χ2v) is 6.98. The van der Waals surface area contributed by atoms with Crippen LogP contribution in [-0.4, -0.2) is 23.2 Å². The van der Waals surface area contributed by atoms with E-state index in [4.69, 9.17) is 13.7 Å². The summed E-state index contributed by atoms with van der Waals surface area (Å²) in [6.07, 6.45) is 1.91. The van der Waals surface area contributed by atoms with Crippen molar-refractivity contribution in [2.45, 2.75) is 6.42 Å². The Bertz CT molecular complexity index is 1140. The van der Waals surface area contributed by atoms with E-state index in [9.17, 15) is 4.79 Å². The standard InChI is InChI=1S/C21H16BrN3O4/c1-27-14-8-9-16(22)15(12-14)21(26)23-17-6-3-2-5-13(17)11-19-24-20(25-29-19)18-7-4-10-28-18/h2-10,12H,11H2,1H3,(H,23,26). The van der Waals surface area contributed by atoms with E-state index < -0.39 is 0 Å². The Hall–Kier alpha value is -3.39. The zero-order valence-electron chi connectivity index (χ0n) is 15.4. The summed E-state index contributed by atoms with van der Waals surface area (Å²) in [5.41, 5.74) is 1.97. The molecule has 2 aromatic carbocycles. The number of benzene rings is 2. The number of furan rings is 1. The van der Waals surface area contributed by atoms with Gasteiger partial charge in [-0.3, -0.25) is 4.79 Å². The van der Waals surface area contributed by atoms with Crippen molar-refractivity contribution in [3.8, 4) is 17.3 Å². The van der Waals surface area contributed by atoms with Crippen LogP contribution in [0.1, 0.15) is 21.8 Å². The molecule has 0 spiro atoms. The number of hydrogen-bond acceptors (Lipinski definition) is 6. The minimum atomic E-state index is -0.259. The largest absolute Gasteiger partial charge is 0.497 e. The van der Waals surface area contributed by atoms with E-state index in [0.717, 1.165) is 5.56 Å². The predicted octanol–water partition coefficient (Wildman–Crippen LogP) is 4.94. The van der Waals surface area contributed by atoms with Crippen molar-refractivity contribution in [3.05, 3.63) is 82.4 Å². The normalized spacial score (nSPS) is 10.7. The Morgan fingerprint density at radius 2 is 2.03 bits per heavy atom. The summed E-state index contributed by atoms with van der Waals surface area (Å²) in [7, 11) is 1.56. The number of nitrogens with zero attached hydrogens (tertiary/aromatic N) is 2. The summed E-state index contributed by atoms with van der Waals surface area (Å²) < 4.78 is 16.5. The Balaban J connectivity index is 1.55. The Labute approximate surface area is 174 Å². The van der Waals surface area contributed by atoms with Gasteiger partial charge in [0.2, 0.25) is 11.7 Å². The van der Waals surface area contributed by atoms with Gasteiger partial charge in [-0.25, -0.2) is 0 Å². The van der Waals surface area contributed by atoms with Crippen molar-refractivity contribution in [3.63, 3.8) is 0 Å². The highest BCUT2D eigenvalue weighted by molar-refractivity contribution is 9.10. The first-order valence-electron chi connectivity index (χ1n) is 8.73. The number of ether oxygens (including phenoxy) is 1. The molecule has 1 amide bonds. The van der Waals surface area contributed by atoms with Gasteiger partial charge in [0.05, 0.1) is 25.4 Å². The number of rotatable bonds is 6. The maximum absolute atomic E-state index is 12.8. The number of para-hydroxylation sites is 1. The van der Waals surface area contributed by atoms with E-state index in [1.165, 1.54) is 0 Å². The second kappa shape index (κ2) is 8.32. The molecule has 0 fully saturated rings. The summed E-state index contributed by atoms with van der Waals surface area (Å²) >= 11 is 3.41.